The number of carbonyl (C=O) groups excluding carboxylic acids is 1. The number of nitrogens with zero attached hydrogens (tertiary/aromatic N) is 1. The molecule has 1 heterocycles. The molecule has 1 aromatic carbocycles. The molecule has 1 saturated heterocycles. The van der Waals surface area contributed by atoms with Gasteiger partial charge in [0.2, 0.25) is 5.91 Å². The van der Waals surface area contributed by atoms with Gasteiger partial charge in [0.1, 0.15) is 5.82 Å². The molecular formula is C18H30Cl2FN3O2. The summed E-state index contributed by atoms with van der Waals surface area (Å²) >= 11 is 0. The van der Waals surface area contributed by atoms with E-state index in [4.69, 9.17) is 4.74 Å². The lowest BCUT2D eigenvalue weighted by atomic mass is 10.1. The third-order valence-electron chi connectivity index (χ3n) is 4.45. The van der Waals surface area contributed by atoms with Crippen LogP contribution < -0.4 is 10.6 Å². The summed E-state index contributed by atoms with van der Waals surface area (Å²) in [4.78, 5) is 14.9. The molecule has 1 aliphatic heterocycles. The Morgan fingerprint density at radius 2 is 1.88 bits per heavy atom. The van der Waals surface area contributed by atoms with Crippen LogP contribution in [0.1, 0.15) is 31.4 Å². The maximum atomic E-state index is 13.0. The molecule has 1 fully saturated rings. The number of hydrogen-bond donors (Lipinski definition) is 2. The lowest BCUT2D eigenvalue weighted by molar-refractivity contribution is -0.127. The Bertz CT molecular complexity index is 514. The monoisotopic (exact) mass is 409 g/mol. The molecule has 0 aliphatic carbocycles. The normalized spacial score (nSPS) is 16.7. The van der Waals surface area contributed by atoms with Crippen LogP contribution in [0, 0.1) is 5.82 Å². The average Bonchev–Trinajstić information content (AvgIpc) is 2.62. The van der Waals surface area contributed by atoms with E-state index in [2.05, 4.69) is 22.5 Å². The van der Waals surface area contributed by atoms with Crippen molar-refractivity contribution < 1.29 is 13.9 Å². The van der Waals surface area contributed by atoms with E-state index < -0.39 is 0 Å². The van der Waals surface area contributed by atoms with Crippen molar-refractivity contribution in [1.82, 2.24) is 15.5 Å². The SMILES string of the molecule is CCCC(C(=O)NCC(OC)c1ccc(F)cc1)N1CCNCC1.Cl.Cl. The van der Waals surface area contributed by atoms with Gasteiger partial charge >= 0.3 is 0 Å². The number of ether oxygens (including phenoxy) is 1. The first kappa shape index (κ1) is 25.1. The number of amides is 1. The second-order valence-corrected chi connectivity index (χ2v) is 6.11. The maximum Gasteiger partial charge on any atom is 0.237 e. The summed E-state index contributed by atoms with van der Waals surface area (Å²) in [5.74, 6) is -0.234. The zero-order valence-electron chi connectivity index (χ0n) is 15.4. The van der Waals surface area contributed by atoms with E-state index in [0.717, 1.165) is 44.6 Å². The summed E-state index contributed by atoms with van der Waals surface area (Å²) in [6.07, 6.45) is 1.54. The van der Waals surface area contributed by atoms with Crippen LogP contribution in [-0.4, -0.2) is 56.7 Å². The Balaban J connectivity index is 0.00000312. The molecule has 2 N–H and O–H groups in total. The largest absolute Gasteiger partial charge is 0.375 e. The molecule has 150 valence electrons. The van der Waals surface area contributed by atoms with Crippen LogP contribution in [0.4, 0.5) is 4.39 Å². The second-order valence-electron chi connectivity index (χ2n) is 6.11. The van der Waals surface area contributed by atoms with E-state index in [1.807, 2.05) is 0 Å². The minimum Gasteiger partial charge on any atom is -0.375 e. The van der Waals surface area contributed by atoms with Crippen molar-refractivity contribution in [2.45, 2.75) is 31.9 Å². The van der Waals surface area contributed by atoms with Crippen molar-refractivity contribution in [3.63, 3.8) is 0 Å². The van der Waals surface area contributed by atoms with Gasteiger partial charge in [0, 0.05) is 39.8 Å². The van der Waals surface area contributed by atoms with Crippen LogP contribution in [0.3, 0.4) is 0 Å². The average molecular weight is 410 g/mol. The van der Waals surface area contributed by atoms with Crippen molar-refractivity contribution in [3.8, 4) is 0 Å². The van der Waals surface area contributed by atoms with E-state index in [-0.39, 0.29) is 48.7 Å². The van der Waals surface area contributed by atoms with Crippen LogP contribution in [0.2, 0.25) is 0 Å². The van der Waals surface area contributed by atoms with Gasteiger partial charge in [0.25, 0.3) is 0 Å². The molecular weight excluding hydrogens is 380 g/mol. The Hall–Kier alpha value is -0.920. The molecule has 1 amide bonds. The van der Waals surface area contributed by atoms with E-state index in [0.29, 0.717) is 6.54 Å². The first-order valence-corrected chi connectivity index (χ1v) is 8.66. The molecule has 2 unspecified atom stereocenters. The third-order valence-corrected chi connectivity index (χ3v) is 4.45. The van der Waals surface area contributed by atoms with Gasteiger partial charge < -0.3 is 15.4 Å². The number of halogens is 3. The van der Waals surface area contributed by atoms with Crippen LogP contribution >= 0.6 is 24.8 Å². The highest BCUT2D eigenvalue weighted by Gasteiger charge is 2.26. The number of rotatable bonds is 8. The summed E-state index contributed by atoms with van der Waals surface area (Å²) < 4.78 is 18.5. The van der Waals surface area contributed by atoms with Gasteiger partial charge in [-0.15, -0.1) is 24.8 Å². The summed E-state index contributed by atoms with van der Waals surface area (Å²) in [5, 5.41) is 6.32. The fourth-order valence-corrected chi connectivity index (χ4v) is 3.07. The summed E-state index contributed by atoms with van der Waals surface area (Å²) in [6, 6.07) is 6.10. The quantitative estimate of drug-likeness (QED) is 0.692. The lowest BCUT2D eigenvalue weighted by Crippen LogP contribution is -2.54. The number of carbonyl (C=O) groups is 1. The standard InChI is InChI=1S/C18H28FN3O2.2ClH/c1-3-4-16(22-11-9-20-10-12-22)18(23)21-13-17(24-2)14-5-7-15(19)8-6-14;;/h5-8,16-17,20H,3-4,9-13H2,1-2H3,(H,21,23);2*1H. The number of piperazine rings is 1. The third kappa shape index (κ3) is 7.37. The Morgan fingerprint density at radius 1 is 1.27 bits per heavy atom. The minimum absolute atomic E-state index is 0. The molecule has 1 aromatic rings. The molecule has 2 atom stereocenters. The lowest BCUT2D eigenvalue weighted by Gasteiger charge is -2.34. The van der Waals surface area contributed by atoms with Gasteiger partial charge in [0.15, 0.2) is 0 Å². The van der Waals surface area contributed by atoms with E-state index in [1.165, 1.54) is 12.1 Å². The van der Waals surface area contributed by atoms with Gasteiger partial charge in [0.05, 0.1) is 12.1 Å². The highest BCUT2D eigenvalue weighted by molar-refractivity contribution is 5.85. The van der Waals surface area contributed by atoms with Gasteiger partial charge in [-0.2, -0.15) is 0 Å². The van der Waals surface area contributed by atoms with E-state index >= 15 is 0 Å². The molecule has 8 heteroatoms. The number of methoxy groups -OCH3 is 1. The predicted octanol–water partition coefficient (Wildman–Crippen LogP) is 2.55. The molecule has 5 nitrogen and oxygen atoms in total. The van der Waals surface area contributed by atoms with Crippen molar-refractivity contribution in [2.24, 2.45) is 0 Å². The maximum absolute atomic E-state index is 13.0. The number of nitrogens with one attached hydrogen (secondary N) is 2. The molecule has 0 radical (unpaired) electrons. The zero-order chi connectivity index (χ0) is 17.4. The summed E-state index contributed by atoms with van der Waals surface area (Å²) in [7, 11) is 1.60. The highest BCUT2D eigenvalue weighted by atomic mass is 35.5. The molecule has 1 aliphatic rings. The van der Waals surface area contributed by atoms with Gasteiger partial charge in [-0.05, 0) is 24.1 Å². The fraction of sp³-hybridized carbons (Fsp3) is 0.611. The van der Waals surface area contributed by atoms with Gasteiger partial charge in [-0.25, -0.2) is 4.39 Å². The van der Waals surface area contributed by atoms with Crippen molar-refractivity contribution >= 4 is 30.7 Å². The minimum atomic E-state index is -0.278. The van der Waals surface area contributed by atoms with Gasteiger partial charge in [-0.3, -0.25) is 9.69 Å². The smallest absolute Gasteiger partial charge is 0.237 e. The highest BCUT2D eigenvalue weighted by Crippen LogP contribution is 2.17. The Labute approximate surface area is 167 Å². The number of hydrogen-bond acceptors (Lipinski definition) is 4. The summed E-state index contributed by atoms with van der Waals surface area (Å²) in [6.45, 7) is 6.10. The number of benzene rings is 1. The molecule has 2 rings (SSSR count). The fourth-order valence-electron chi connectivity index (χ4n) is 3.07. The van der Waals surface area contributed by atoms with Crippen LogP contribution in [-0.2, 0) is 9.53 Å². The van der Waals surface area contributed by atoms with E-state index in [1.54, 1.807) is 19.2 Å². The van der Waals surface area contributed by atoms with Crippen LogP contribution in [0.15, 0.2) is 24.3 Å². The first-order valence-electron chi connectivity index (χ1n) is 8.66. The molecule has 26 heavy (non-hydrogen) atoms. The van der Waals surface area contributed by atoms with Crippen molar-refractivity contribution in [3.05, 3.63) is 35.6 Å². The van der Waals surface area contributed by atoms with Crippen LogP contribution in [0.25, 0.3) is 0 Å². The molecule has 0 bridgehead atoms. The second kappa shape index (κ2) is 13.3. The topological polar surface area (TPSA) is 53.6 Å². The zero-order valence-corrected chi connectivity index (χ0v) is 17.0. The molecule has 0 saturated carbocycles. The molecule has 0 aromatic heterocycles. The van der Waals surface area contributed by atoms with Crippen molar-refractivity contribution in [1.29, 1.82) is 0 Å². The van der Waals surface area contributed by atoms with E-state index in [9.17, 15) is 9.18 Å². The first-order chi connectivity index (χ1) is 11.7. The Morgan fingerprint density at radius 3 is 2.42 bits per heavy atom. The van der Waals surface area contributed by atoms with Crippen molar-refractivity contribution in [2.75, 3.05) is 39.8 Å². The predicted molar refractivity (Wildman–Crippen MR) is 107 cm³/mol. The van der Waals surface area contributed by atoms with Gasteiger partial charge in [-0.1, -0.05) is 25.5 Å². The Kier molecular flexibility index (Phi) is 12.8. The summed E-state index contributed by atoms with van der Waals surface area (Å²) in [5.41, 5.74) is 0.855. The molecule has 0 spiro atoms. The van der Waals surface area contributed by atoms with Crippen LogP contribution in [0.5, 0.6) is 0 Å².